The van der Waals surface area contributed by atoms with E-state index in [0.717, 1.165) is 21.7 Å². The number of para-hydroxylation sites is 1. The first-order valence-corrected chi connectivity index (χ1v) is 26.8. The second kappa shape index (κ2) is 24.8. The van der Waals surface area contributed by atoms with Crippen molar-refractivity contribution in [2.24, 2.45) is 18.4 Å². The molecule has 2 saturated heterocycles. The summed E-state index contributed by atoms with van der Waals surface area (Å²) in [6.07, 6.45) is 4.32. The van der Waals surface area contributed by atoms with E-state index >= 15 is 0 Å². The molecule has 2 fully saturated rings. The van der Waals surface area contributed by atoms with Crippen LogP contribution in [0.5, 0.6) is 5.75 Å². The van der Waals surface area contributed by atoms with Gasteiger partial charge in [0, 0.05) is 76.7 Å². The van der Waals surface area contributed by atoms with Crippen LogP contribution in [-0.2, 0) is 26.2 Å². The van der Waals surface area contributed by atoms with Gasteiger partial charge in [0.2, 0.25) is 23.6 Å². The highest BCUT2D eigenvalue weighted by atomic mass is 32.1. The van der Waals surface area contributed by atoms with Crippen molar-refractivity contribution < 1.29 is 33.8 Å². The average Bonchev–Trinajstić information content (AvgIpc) is 4.21. The van der Waals surface area contributed by atoms with E-state index < -0.39 is 35.4 Å². The molecule has 2 aromatic carbocycles. The number of β-amino-alcohol motifs (C(OH)–C–C–N with tert-alkyl or cyclic N) is 1. The Hall–Kier alpha value is -8.29. The van der Waals surface area contributed by atoms with E-state index in [9.17, 15) is 29.1 Å². The number of carbonyl (C=O) groups is 5. The van der Waals surface area contributed by atoms with Crippen LogP contribution in [0.3, 0.4) is 0 Å². The minimum Gasteiger partial charge on any atom is -0.494 e. The van der Waals surface area contributed by atoms with Crippen LogP contribution in [0.2, 0.25) is 0 Å². The molecule has 5 amide bonds. The van der Waals surface area contributed by atoms with E-state index in [1.54, 1.807) is 65.8 Å². The molecule has 0 radical (unpaired) electrons. The number of aryl methyl sites for hydroxylation is 2. The van der Waals surface area contributed by atoms with Crippen molar-refractivity contribution in [3.63, 3.8) is 0 Å². The van der Waals surface area contributed by atoms with Crippen molar-refractivity contribution in [3.05, 3.63) is 101 Å². The van der Waals surface area contributed by atoms with E-state index in [1.807, 2.05) is 82.6 Å². The fourth-order valence-electron chi connectivity index (χ4n) is 9.41. The number of nitrogens with zero attached hydrogens (tertiary/aromatic N) is 9. The lowest BCUT2D eigenvalue weighted by atomic mass is 9.85. The predicted octanol–water partition coefficient (Wildman–Crippen LogP) is 6.08. The third kappa shape index (κ3) is 13.6. The molecule has 22 heteroatoms. The first kappa shape index (κ1) is 55.9. The van der Waals surface area contributed by atoms with Gasteiger partial charge < -0.3 is 46.2 Å². The number of anilines is 4. The van der Waals surface area contributed by atoms with Crippen molar-refractivity contribution in [1.82, 2.24) is 60.7 Å². The maximum absolute atomic E-state index is 14.2. The first-order valence-electron chi connectivity index (χ1n) is 25.9. The second-order valence-corrected chi connectivity index (χ2v) is 21.4. The zero-order valence-electron chi connectivity index (χ0n) is 45.1. The standard InChI is InChI=1S/C56H66N14O7S/c1-33(37-18-20-38(21-19-37)50-34(2)60-32-78-50)61-53(74)43-27-39(71)30-70(43)55(76)51(56(3,4)5)64-46(72)13-10-14-47(73)69-25-23-35(24-26-69)15-16-36-17-22-44(58-29-36)63-45-28-42(48(66-65-45)54(75)57-6)62-41-12-9-11-40(49(41)77-8)52-59-31-68(7)67-52/h9,11-12,17-22,28-29,31-33,35,39,43,51,71H,10,13-14,23-27,30H2,1-8H3,(H,57,75)(H,61,74)(H,64,72)(H2,58,62,63,65)/t33-,39+,43-,51+/m0/s1. The number of hydrogen-bond acceptors (Lipinski definition) is 16. The molecule has 4 atom stereocenters. The summed E-state index contributed by atoms with van der Waals surface area (Å²) >= 11 is 1.57. The highest BCUT2D eigenvalue weighted by molar-refractivity contribution is 7.13. The average molecular weight is 1080 g/mol. The van der Waals surface area contributed by atoms with E-state index in [-0.39, 0.29) is 61.2 Å². The molecule has 6 heterocycles. The molecular weight excluding hydrogens is 1010 g/mol. The van der Waals surface area contributed by atoms with E-state index in [4.69, 9.17) is 4.74 Å². The van der Waals surface area contributed by atoms with E-state index in [1.165, 1.54) is 11.9 Å². The molecule has 6 aromatic rings. The normalized spacial score (nSPS) is 16.3. The number of benzene rings is 2. The van der Waals surface area contributed by atoms with Crippen molar-refractivity contribution in [2.45, 2.75) is 97.4 Å². The smallest absolute Gasteiger partial charge is 0.273 e. The van der Waals surface area contributed by atoms with Gasteiger partial charge in [0.1, 0.15) is 24.2 Å². The molecule has 408 valence electrons. The monoisotopic (exact) mass is 1080 g/mol. The van der Waals surface area contributed by atoms with Gasteiger partial charge >= 0.3 is 0 Å². The number of piperidine rings is 1. The fraction of sp³-hybridized carbons (Fsp3) is 0.411. The minimum absolute atomic E-state index is 0.0340. The van der Waals surface area contributed by atoms with Crippen LogP contribution >= 0.6 is 11.3 Å². The molecule has 6 N–H and O–H groups in total. The lowest BCUT2D eigenvalue weighted by Crippen LogP contribution is -2.57. The van der Waals surface area contributed by atoms with Gasteiger partial charge in [-0.1, -0.05) is 62.9 Å². The van der Waals surface area contributed by atoms with Gasteiger partial charge in [-0.25, -0.2) is 15.0 Å². The molecule has 0 spiro atoms. The number of thiazole rings is 1. The molecule has 2 aliphatic rings. The fourth-order valence-corrected chi connectivity index (χ4v) is 10.2. The van der Waals surface area contributed by atoms with Crippen molar-refractivity contribution in [2.75, 3.05) is 44.4 Å². The van der Waals surface area contributed by atoms with Crippen LogP contribution in [-0.4, -0.2) is 131 Å². The Labute approximate surface area is 457 Å². The van der Waals surface area contributed by atoms with Crippen molar-refractivity contribution in [1.29, 1.82) is 0 Å². The molecule has 0 aliphatic carbocycles. The zero-order valence-corrected chi connectivity index (χ0v) is 45.9. The lowest BCUT2D eigenvalue weighted by Gasteiger charge is -2.35. The summed E-state index contributed by atoms with van der Waals surface area (Å²) in [4.78, 5) is 84.9. The first-order chi connectivity index (χ1) is 37.4. The molecule has 0 bridgehead atoms. The number of likely N-dealkylation sites (tertiary alicyclic amines) is 2. The van der Waals surface area contributed by atoms with Gasteiger partial charge in [-0.15, -0.1) is 21.5 Å². The molecular formula is C56H66N14O7S. The molecule has 0 unspecified atom stereocenters. The lowest BCUT2D eigenvalue weighted by molar-refractivity contribution is -0.144. The molecule has 8 rings (SSSR count). The van der Waals surface area contributed by atoms with Crippen LogP contribution in [0.1, 0.15) is 99.6 Å². The third-order valence-electron chi connectivity index (χ3n) is 13.7. The summed E-state index contributed by atoms with van der Waals surface area (Å²) in [5.41, 5.74) is 6.31. The number of methoxy groups -OCH3 is 1. The van der Waals surface area contributed by atoms with E-state index in [2.05, 4.69) is 68.7 Å². The van der Waals surface area contributed by atoms with Crippen LogP contribution in [0.4, 0.5) is 23.0 Å². The van der Waals surface area contributed by atoms with Crippen LogP contribution in [0, 0.1) is 30.1 Å². The Morgan fingerprint density at radius 3 is 2.35 bits per heavy atom. The Balaban J connectivity index is 0.789. The molecule has 0 saturated carbocycles. The van der Waals surface area contributed by atoms with Gasteiger partial charge in [-0.3, -0.25) is 28.7 Å². The van der Waals surface area contributed by atoms with Gasteiger partial charge in [0.15, 0.2) is 23.1 Å². The van der Waals surface area contributed by atoms with Crippen LogP contribution in [0.15, 0.2) is 78.7 Å². The van der Waals surface area contributed by atoms with Crippen LogP contribution < -0.4 is 31.3 Å². The predicted molar refractivity (Wildman–Crippen MR) is 296 cm³/mol. The zero-order chi connectivity index (χ0) is 55.7. The molecule has 78 heavy (non-hydrogen) atoms. The molecule has 4 aromatic heterocycles. The number of amides is 5. The number of rotatable bonds is 17. The molecule has 2 aliphatic heterocycles. The van der Waals surface area contributed by atoms with Crippen molar-refractivity contribution in [3.8, 4) is 39.4 Å². The highest BCUT2D eigenvalue weighted by Crippen LogP contribution is 2.38. The summed E-state index contributed by atoms with van der Waals surface area (Å²) in [5, 5.41) is 38.5. The quantitative estimate of drug-likeness (QED) is 0.0565. The second-order valence-electron chi connectivity index (χ2n) is 20.5. The summed E-state index contributed by atoms with van der Waals surface area (Å²) in [7, 11) is 4.83. The maximum atomic E-state index is 14.2. The number of nitrogens with one attached hydrogen (secondary N) is 5. The highest BCUT2D eigenvalue weighted by Gasteiger charge is 2.45. The Kier molecular flexibility index (Phi) is 17.8. The summed E-state index contributed by atoms with van der Waals surface area (Å²) < 4.78 is 7.35. The SMILES string of the molecule is CNC(=O)c1nnc(Nc2ccc(C#CC3CCN(C(=O)CCCC(=O)N[C@H](C(=O)N4C[C@H](O)C[C@H]4C(=O)N[C@@H](C)c4ccc(-c5scnc5C)cc4)C(C)(C)C)CC3)cn2)cc1Nc1cccc(-c2ncn(C)n2)c1OC. The Morgan fingerprint density at radius 1 is 0.923 bits per heavy atom. The number of ether oxygens (including phenoxy) is 1. The van der Waals surface area contributed by atoms with Gasteiger partial charge in [0.05, 0.1) is 52.3 Å². The van der Waals surface area contributed by atoms with Gasteiger partial charge in [-0.2, -0.15) is 5.10 Å². The van der Waals surface area contributed by atoms with Crippen molar-refractivity contribution >= 4 is 63.9 Å². The van der Waals surface area contributed by atoms with Gasteiger partial charge in [0.25, 0.3) is 5.91 Å². The van der Waals surface area contributed by atoms with Crippen LogP contribution in [0.25, 0.3) is 21.8 Å². The molecule has 21 nitrogen and oxygen atoms in total. The summed E-state index contributed by atoms with van der Waals surface area (Å²) in [6, 6.07) is 16.4. The van der Waals surface area contributed by atoms with Gasteiger partial charge in [-0.05, 0) is 73.9 Å². The Morgan fingerprint density at radius 2 is 1.69 bits per heavy atom. The summed E-state index contributed by atoms with van der Waals surface area (Å²) in [6.45, 7) is 10.4. The summed E-state index contributed by atoms with van der Waals surface area (Å²) in [5.74, 6) is 6.69. The third-order valence-corrected chi connectivity index (χ3v) is 14.7. The number of carbonyl (C=O) groups excluding carboxylic acids is 5. The number of aliphatic hydroxyl groups is 1. The number of hydrogen-bond donors (Lipinski definition) is 6. The minimum atomic E-state index is -0.975. The number of aliphatic hydroxyl groups excluding tert-OH is 1. The Bertz CT molecular complexity index is 3190. The maximum Gasteiger partial charge on any atom is 0.273 e. The number of aromatic nitrogens is 7. The topological polar surface area (TPSA) is 264 Å². The van der Waals surface area contributed by atoms with E-state index in [0.29, 0.717) is 78.1 Å². The largest absolute Gasteiger partial charge is 0.494 e. The number of pyridine rings is 1.